The van der Waals surface area contributed by atoms with Crippen LogP contribution >= 0.6 is 11.3 Å². The number of nitrogens with zero attached hydrogens (tertiary/aromatic N) is 1. The molecule has 1 nitrogen and oxygen atoms in total. The summed E-state index contributed by atoms with van der Waals surface area (Å²) in [5.74, 6) is 1.68. The lowest BCUT2D eigenvalue weighted by Crippen LogP contribution is -2.19. The van der Waals surface area contributed by atoms with Gasteiger partial charge in [0.15, 0.2) is 0 Å². The molecule has 0 amide bonds. The standard InChI is InChI=1S/C19H23NS/c1-12-8-14-5-7-16(10-18(14)21-12)19-15-6-4-13(9-15)17(19)11-20(2)3/h5,7-8,10,13,15H,4,6,9,11H2,1-3H3/t13-,15+/m1/s1. The first-order valence-corrected chi connectivity index (χ1v) is 8.81. The molecule has 0 saturated heterocycles. The number of thiophene rings is 1. The number of benzene rings is 1. The lowest BCUT2D eigenvalue weighted by atomic mass is 9.87. The Morgan fingerprint density at radius 1 is 1.14 bits per heavy atom. The number of aryl methyl sites for hydroxylation is 1. The summed E-state index contributed by atoms with van der Waals surface area (Å²) in [7, 11) is 4.39. The zero-order chi connectivity index (χ0) is 14.6. The molecule has 0 spiro atoms. The van der Waals surface area contributed by atoms with Crippen molar-refractivity contribution in [1.82, 2.24) is 4.90 Å². The van der Waals surface area contributed by atoms with Gasteiger partial charge in [0.05, 0.1) is 0 Å². The fourth-order valence-electron chi connectivity index (χ4n) is 4.35. The summed E-state index contributed by atoms with van der Waals surface area (Å²) < 4.78 is 1.45. The molecule has 2 aromatic rings. The minimum atomic E-state index is 0.823. The van der Waals surface area contributed by atoms with E-state index in [0.717, 1.165) is 18.4 Å². The Labute approximate surface area is 131 Å². The second-order valence-electron chi connectivity index (χ2n) is 6.99. The summed E-state index contributed by atoms with van der Waals surface area (Å²) in [6.07, 6.45) is 4.22. The van der Waals surface area contributed by atoms with Crippen molar-refractivity contribution < 1.29 is 0 Å². The van der Waals surface area contributed by atoms with Crippen LogP contribution in [0.4, 0.5) is 0 Å². The minimum absolute atomic E-state index is 0.823. The van der Waals surface area contributed by atoms with E-state index in [9.17, 15) is 0 Å². The average molecular weight is 297 g/mol. The van der Waals surface area contributed by atoms with E-state index in [-0.39, 0.29) is 0 Å². The van der Waals surface area contributed by atoms with Crippen molar-refractivity contribution in [3.05, 3.63) is 40.3 Å². The van der Waals surface area contributed by atoms with E-state index < -0.39 is 0 Å². The van der Waals surface area contributed by atoms with E-state index in [1.54, 1.807) is 11.1 Å². The first kappa shape index (κ1) is 13.5. The fraction of sp³-hybridized carbons (Fsp3) is 0.474. The largest absolute Gasteiger partial charge is 0.305 e. The molecule has 1 aromatic carbocycles. The Bertz CT molecular complexity index is 722. The predicted octanol–water partition coefficient (Wildman–Crippen LogP) is 4.95. The van der Waals surface area contributed by atoms with Crippen LogP contribution in [0.3, 0.4) is 0 Å². The molecule has 0 radical (unpaired) electrons. The molecule has 1 heterocycles. The van der Waals surface area contributed by atoms with Gasteiger partial charge in [-0.3, -0.25) is 0 Å². The van der Waals surface area contributed by atoms with E-state index >= 15 is 0 Å². The Morgan fingerprint density at radius 3 is 2.76 bits per heavy atom. The van der Waals surface area contributed by atoms with Gasteiger partial charge in [-0.25, -0.2) is 0 Å². The van der Waals surface area contributed by atoms with Gasteiger partial charge in [0.1, 0.15) is 0 Å². The van der Waals surface area contributed by atoms with Crippen LogP contribution in [0, 0.1) is 18.8 Å². The maximum absolute atomic E-state index is 2.44. The van der Waals surface area contributed by atoms with E-state index in [4.69, 9.17) is 0 Å². The van der Waals surface area contributed by atoms with Gasteiger partial charge in [-0.05, 0) is 86.3 Å². The molecule has 2 aliphatic rings. The number of allylic oxidation sites excluding steroid dienone is 1. The molecule has 0 N–H and O–H groups in total. The van der Waals surface area contributed by atoms with Crippen LogP contribution in [0.15, 0.2) is 29.8 Å². The van der Waals surface area contributed by atoms with Crippen LogP contribution in [-0.4, -0.2) is 25.5 Å². The quantitative estimate of drug-likeness (QED) is 0.774. The normalized spacial score (nSPS) is 24.8. The summed E-state index contributed by atoms with van der Waals surface area (Å²) in [4.78, 5) is 3.75. The van der Waals surface area contributed by atoms with Gasteiger partial charge >= 0.3 is 0 Å². The van der Waals surface area contributed by atoms with Gasteiger partial charge in [-0.1, -0.05) is 12.1 Å². The Kier molecular flexibility index (Phi) is 3.20. The first-order valence-electron chi connectivity index (χ1n) is 8.00. The third-order valence-electron chi connectivity index (χ3n) is 5.12. The van der Waals surface area contributed by atoms with Crippen LogP contribution in [0.1, 0.15) is 29.7 Å². The van der Waals surface area contributed by atoms with Gasteiger partial charge < -0.3 is 4.90 Å². The van der Waals surface area contributed by atoms with Gasteiger partial charge in [-0.2, -0.15) is 0 Å². The molecule has 2 heteroatoms. The van der Waals surface area contributed by atoms with Gasteiger partial charge in [-0.15, -0.1) is 11.3 Å². The highest BCUT2D eigenvalue weighted by Gasteiger charge is 2.39. The smallest absolute Gasteiger partial charge is 0.0351 e. The van der Waals surface area contributed by atoms with Gasteiger partial charge in [0, 0.05) is 16.1 Å². The maximum atomic E-state index is 2.44. The number of fused-ring (bicyclic) bond motifs is 3. The first-order chi connectivity index (χ1) is 10.1. The van der Waals surface area contributed by atoms with Crippen LogP contribution in [-0.2, 0) is 0 Å². The number of hydrogen-bond donors (Lipinski definition) is 0. The van der Waals surface area contributed by atoms with Crippen LogP contribution in [0.2, 0.25) is 0 Å². The van der Waals surface area contributed by atoms with E-state index in [1.165, 1.54) is 39.8 Å². The fourth-order valence-corrected chi connectivity index (χ4v) is 5.31. The Balaban J connectivity index is 1.82. The number of likely N-dealkylation sites (N-methyl/N-ethyl adjacent to an activating group) is 1. The monoisotopic (exact) mass is 297 g/mol. The summed E-state index contributed by atoms with van der Waals surface area (Å²) in [5.41, 5.74) is 4.91. The lowest BCUT2D eigenvalue weighted by Gasteiger charge is -2.23. The highest BCUT2D eigenvalue weighted by molar-refractivity contribution is 7.19. The summed E-state index contributed by atoms with van der Waals surface area (Å²) in [5, 5.41) is 1.40. The van der Waals surface area contributed by atoms with E-state index in [0.29, 0.717) is 0 Å². The molecule has 0 unspecified atom stereocenters. The highest BCUT2D eigenvalue weighted by atomic mass is 32.1. The molecule has 2 atom stereocenters. The van der Waals surface area contributed by atoms with Crippen molar-refractivity contribution >= 4 is 27.0 Å². The molecule has 1 fully saturated rings. The van der Waals surface area contributed by atoms with E-state index in [1.807, 2.05) is 11.3 Å². The molecule has 1 saturated carbocycles. The molecular weight excluding hydrogens is 274 g/mol. The SMILES string of the molecule is Cc1cc2ccc(C3=C(CN(C)C)[C@@H]4CC[C@H]3C4)cc2s1. The zero-order valence-electron chi connectivity index (χ0n) is 13.1. The second-order valence-corrected chi connectivity index (χ2v) is 8.28. The molecular formula is C19H23NS. The number of hydrogen-bond acceptors (Lipinski definition) is 2. The van der Waals surface area contributed by atoms with Crippen molar-refractivity contribution in [2.75, 3.05) is 20.6 Å². The van der Waals surface area contributed by atoms with Crippen LogP contribution in [0.25, 0.3) is 15.7 Å². The van der Waals surface area contributed by atoms with Crippen molar-refractivity contribution in [3.63, 3.8) is 0 Å². The van der Waals surface area contributed by atoms with Crippen molar-refractivity contribution in [2.45, 2.75) is 26.2 Å². The second kappa shape index (κ2) is 4.96. The molecule has 1 aromatic heterocycles. The van der Waals surface area contributed by atoms with Crippen molar-refractivity contribution in [3.8, 4) is 0 Å². The third kappa shape index (κ3) is 2.25. The minimum Gasteiger partial charge on any atom is -0.305 e. The van der Waals surface area contributed by atoms with Gasteiger partial charge in [0.2, 0.25) is 0 Å². The molecule has 2 aliphatic carbocycles. The topological polar surface area (TPSA) is 3.24 Å². The van der Waals surface area contributed by atoms with Crippen LogP contribution < -0.4 is 0 Å². The molecule has 2 bridgehead atoms. The Morgan fingerprint density at radius 2 is 1.95 bits per heavy atom. The summed E-state index contributed by atoms with van der Waals surface area (Å²) in [6, 6.07) is 9.43. The lowest BCUT2D eigenvalue weighted by molar-refractivity contribution is 0.423. The van der Waals surface area contributed by atoms with Gasteiger partial charge in [0.25, 0.3) is 0 Å². The van der Waals surface area contributed by atoms with Crippen molar-refractivity contribution in [2.24, 2.45) is 11.8 Å². The Hall–Kier alpha value is -1.12. The molecule has 0 aliphatic heterocycles. The average Bonchev–Trinajstić information content (AvgIpc) is 3.09. The number of rotatable bonds is 3. The third-order valence-corrected chi connectivity index (χ3v) is 6.13. The molecule has 21 heavy (non-hydrogen) atoms. The summed E-state index contributed by atoms with van der Waals surface area (Å²) in [6.45, 7) is 3.34. The summed E-state index contributed by atoms with van der Waals surface area (Å²) >= 11 is 1.93. The zero-order valence-corrected chi connectivity index (χ0v) is 14.0. The molecule has 4 rings (SSSR count). The molecule has 110 valence electrons. The maximum Gasteiger partial charge on any atom is 0.0351 e. The van der Waals surface area contributed by atoms with Crippen molar-refractivity contribution in [1.29, 1.82) is 0 Å². The predicted molar refractivity (Wildman–Crippen MR) is 92.9 cm³/mol. The highest BCUT2D eigenvalue weighted by Crippen LogP contribution is 2.52. The van der Waals surface area contributed by atoms with Crippen LogP contribution in [0.5, 0.6) is 0 Å². The van der Waals surface area contributed by atoms with E-state index in [2.05, 4.69) is 50.2 Å².